The minimum Gasteiger partial charge on any atom is -0.462 e. The fourth-order valence-electron chi connectivity index (χ4n) is 7.14. The number of hydrogen-bond donors (Lipinski definition) is 7. The van der Waals surface area contributed by atoms with Gasteiger partial charge in [-0.1, -0.05) is 130 Å². The van der Waals surface area contributed by atoms with Gasteiger partial charge in [0.1, 0.15) is 43.2 Å². The molecular weight excluding hydrogens is 946 g/mol. The molecule has 1 heterocycles. The van der Waals surface area contributed by atoms with Crippen molar-refractivity contribution in [1.29, 1.82) is 0 Å². The molecule has 0 bridgehead atoms. The Bertz CT molecular complexity index is 1790. The number of epoxide rings is 1. The third-order valence-corrected chi connectivity index (χ3v) is 12.6. The monoisotopic (exact) mass is 1030 g/mol. The highest BCUT2D eigenvalue weighted by molar-refractivity contribution is 7.47. The molecule has 0 aromatic rings. The topological polar surface area (TPSA) is 269 Å². The van der Waals surface area contributed by atoms with Crippen LogP contribution in [0.4, 0.5) is 0 Å². The number of rotatable bonds is 39. The van der Waals surface area contributed by atoms with E-state index < -0.39 is 83.5 Å². The molecule has 398 valence electrons. The molecule has 0 spiro atoms. The van der Waals surface area contributed by atoms with Crippen molar-refractivity contribution in [2.75, 3.05) is 13.2 Å². The van der Waals surface area contributed by atoms with Crippen LogP contribution < -0.4 is 0 Å². The van der Waals surface area contributed by atoms with Crippen LogP contribution in [0.1, 0.15) is 142 Å². The number of aliphatic hydroxyl groups excluding tert-OH is 4. The number of unbranched alkanes of at least 4 members (excludes halogenated alkanes) is 6. The second-order valence-corrected chi connectivity index (χ2v) is 19.8. The summed E-state index contributed by atoms with van der Waals surface area (Å²) in [5, 5.41) is 41.3. The number of aliphatic hydroxyl groups is 4. The molecule has 1 saturated carbocycles. The lowest BCUT2D eigenvalue weighted by Gasteiger charge is -2.43. The third kappa shape index (κ3) is 30.7. The van der Waals surface area contributed by atoms with Gasteiger partial charge in [0.2, 0.25) is 0 Å². The number of carbonyl (C=O) groups excluding carboxylic acids is 2. The van der Waals surface area contributed by atoms with E-state index in [4.69, 9.17) is 23.3 Å². The molecule has 0 aromatic heterocycles. The van der Waals surface area contributed by atoms with Crippen LogP contribution in [-0.4, -0.2) is 115 Å². The number of phosphoric acid groups is 2. The van der Waals surface area contributed by atoms with Crippen LogP contribution in [0.2, 0.25) is 0 Å². The van der Waals surface area contributed by atoms with E-state index in [0.29, 0.717) is 25.7 Å². The number of ether oxygens (including phenoxy) is 3. The SMILES string of the molecule is CC/C=C\C/C=C\C/C=C\C/C=C\C/C=C\CCCCCC(=O)O[C@H](COC(=O)CCCC1OC1C/C=C\C/C=C\C/C=C\CCCCC)COP(=O)(O)O[C@H]1C(O)C(O)C(O)[C@@H](OP(=O)(O)O)C1O. The van der Waals surface area contributed by atoms with Gasteiger partial charge in [-0.05, 0) is 96.3 Å². The number of esters is 2. The lowest BCUT2D eigenvalue weighted by Crippen LogP contribution is -2.64. The first-order valence-corrected chi connectivity index (χ1v) is 27.9. The Labute approximate surface area is 415 Å². The van der Waals surface area contributed by atoms with E-state index in [1.54, 1.807) is 0 Å². The number of carbonyl (C=O) groups is 2. The van der Waals surface area contributed by atoms with Crippen LogP contribution in [0.25, 0.3) is 0 Å². The number of allylic oxidation sites excluding steroid dienone is 15. The molecule has 19 heteroatoms. The molecule has 2 rings (SSSR count). The van der Waals surface area contributed by atoms with Gasteiger partial charge in [0, 0.05) is 12.8 Å². The molecular formula is C51H82O17P2. The number of hydrogen-bond acceptors (Lipinski definition) is 14. The minimum absolute atomic E-state index is 0.0166. The number of phosphoric ester groups is 2. The average molecular weight is 1030 g/mol. The highest BCUT2D eigenvalue weighted by atomic mass is 31.2. The predicted octanol–water partition coefficient (Wildman–Crippen LogP) is 8.94. The maximum absolute atomic E-state index is 13.0. The van der Waals surface area contributed by atoms with Crippen LogP contribution in [0.5, 0.6) is 0 Å². The summed E-state index contributed by atoms with van der Waals surface area (Å²) in [6.45, 7) is 2.87. The largest absolute Gasteiger partial charge is 0.472 e. The smallest absolute Gasteiger partial charge is 0.462 e. The molecule has 1 aliphatic heterocycles. The van der Waals surface area contributed by atoms with Crippen LogP contribution in [0, 0.1) is 0 Å². The Morgan fingerprint density at radius 1 is 0.543 bits per heavy atom. The molecule has 70 heavy (non-hydrogen) atoms. The molecule has 1 saturated heterocycles. The van der Waals surface area contributed by atoms with Gasteiger partial charge in [-0.25, -0.2) is 9.13 Å². The predicted molar refractivity (Wildman–Crippen MR) is 268 cm³/mol. The molecule has 0 amide bonds. The van der Waals surface area contributed by atoms with Crippen molar-refractivity contribution in [2.45, 2.75) is 197 Å². The fourth-order valence-corrected chi connectivity index (χ4v) is 8.68. The molecule has 7 unspecified atom stereocenters. The van der Waals surface area contributed by atoms with E-state index in [1.165, 1.54) is 19.3 Å². The van der Waals surface area contributed by atoms with E-state index in [2.05, 4.69) is 116 Å². The summed E-state index contributed by atoms with van der Waals surface area (Å²) in [5.41, 5.74) is 0. The molecule has 10 atom stereocenters. The Hall–Kier alpha value is -3.12. The van der Waals surface area contributed by atoms with Crippen molar-refractivity contribution >= 4 is 27.6 Å². The quantitative estimate of drug-likeness (QED) is 0.00995. The summed E-state index contributed by atoms with van der Waals surface area (Å²) >= 11 is 0. The normalized spacial score (nSPS) is 24.7. The van der Waals surface area contributed by atoms with Crippen molar-refractivity contribution in [3.05, 3.63) is 97.2 Å². The van der Waals surface area contributed by atoms with E-state index in [-0.39, 0.29) is 25.0 Å². The summed E-state index contributed by atoms with van der Waals surface area (Å²) in [6.07, 6.45) is 35.1. The van der Waals surface area contributed by atoms with Gasteiger partial charge in [0.15, 0.2) is 6.10 Å². The highest BCUT2D eigenvalue weighted by Gasteiger charge is 2.54. The lowest BCUT2D eigenvalue weighted by molar-refractivity contribution is -0.216. The Balaban J connectivity index is 1.83. The second kappa shape index (κ2) is 37.6. The summed E-state index contributed by atoms with van der Waals surface area (Å²) in [7, 11) is -10.7. The van der Waals surface area contributed by atoms with Gasteiger partial charge in [-0.15, -0.1) is 0 Å². The van der Waals surface area contributed by atoms with Crippen molar-refractivity contribution in [3.8, 4) is 0 Å². The van der Waals surface area contributed by atoms with Gasteiger partial charge in [-0.3, -0.25) is 23.2 Å². The van der Waals surface area contributed by atoms with Gasteiger partial charge < -0.3 is 49.3 Å². The first-order chi connectivity index (χ1) is 33.6. The average Bonchev–Trinajstić information content (AvgIpc) is 4.07. The van der Waals surface area contributed by atoms with Gasteiger partial charge in [0.25, 0.3) is 0 Å². The molecule has 2 aliphatic rings. The summed E-state index contributed by atoms with van der Waals surface area (Å²) in [4.78, 5) is 54.5. The maximum Gasteiger partial charge on any atom is 0.472 e. The Morgan fingerprint density at radius 3 is 1.59 bits per heavy atom. The highest BCUT2D eigenvalue weighted by Crippen LogP contribution is 2.49. The maximum atomic E-state index is 13.0. The van der Waals surface area contributed by atoms with Crippen LogP contribution in [0.3, 0.4) is 0 Å². The lowest BCUT2D eigenvalue weighted by atomic mass is 9.85. The Morgan fingerprint density at radius 2 is 1.04 bits per heavy atom. The summed E-state index contributed by atoms with van der Waals surface area (Å²) < 4.78 is 55.2. The first-order valence-electron chi connectivity index (χ1n) is 24.9. The van der Waals surface area contributed by atoms with E-state index in [1.807, 2.05) is 0 Å². The second-order valence-electron chi connectivity index (χ2n) is 17.2. The van der Waals surface area contributed by atoms with Gasteiger partial charge in [-0.2, -0.15) is 0 Å². The van der Waals surface area contributed by atoms with Crippen molar-refractivity contribution in [2.24, 2.45) is 0 Å². The summed E-state index contributed by atoms with van der Waals surface area (Å²) in [6, 6.07) is 0. The van der Waals surface area contributed by atoms with Gasteiger partial charge >= 0.3 is 27.6 Å². The Kier molecular flexibility index (Phi) is 33.8. The third-order valence-electron chi connectivity index (χ3n) is 11.1. The molecule has 2 fully saturated rings. The first kappa shape index (κ1) is 63.0. The van der Waals surface area contributed by atoms with Gasteiger partial charge in [0.05, 0.1) is 18.8 Å². The van der Waals surface area contributed by atoms with E-state index >= 15 is 0 Å². The van der Waals surface area contributed by atoms with Crippen LogP contribution in [-0.2, 0) is 46.5 Å². The van der Waals surface area contributed by atoms with Crippen molar-refractivity contribution in [3.63, 3.8) is 0 Å². The molecule has 17 nitrogen and oxygen atoms in total. The standard InChI is InChI=1S/C51H82O17P2/c1-3-5-7-9-11-13-15-17-18-19-20-21-22-23-25-27-29-31-33-37-45(53)65-41(40-64-70(61,62)68-51-48(56)46(54)47(55)50(49(51)57)67-69(58,59)60)39-63-44(52)38-34-36-43-42(66-43)35-32-30-28-26-24-16-14-12-10-8-6-4-2/h5,7,11-14,17-18,20-21,23-26,30,32,41-43,46-51,54-57H,3-4,6,8-10,15-16,19,22,27-29,31,33-40H2,1-2H3,(H,61,62)(H2,58,59,60)/b7-5-,13-11-,14-12-,18-17-,21-20-,25-23-,26-24-,32-30-/t41-,42?,43?,46?,47?,48?,49?,50-,51+/m1/s1. The molecule has 0 aromatic carbocycles. The van der Waals surface area contributed by atoms with E-state index in [9.17, 15) is 53.8 Å². The van der Waals surface area contributed by atoms with Crippen molar-refractivity contribution in [1.82, 2.24) is 0 Å². The zero-order valence-electron chi connectivity index (χ0n) is 41.1. The van der Waals surface area contributed by atoms with E-state index in [0.717, 1.165) is 70.6 Å². The molecule has 7 N–H and O–H groups in total. The fraction of sp³-hybridized carbons (Fsp3) is 0.647. The minimum atomic E-state index is -5.38. The van der Waals surface area contributed by atoms with Crippen LogP contribution in [0.15, 0.2) is 97.2 Å². The summed E-state index contributed by atoms with van der Waals surface area (Å²) in [5.74, 6) is -1.33. The van der Waals surface area contributed by atoms with Crippen molar-refractivity contribution < 1.29 is 81.6 Å². The van der Waals surface area contributed by atoms with Crippen LogP contribution >= 0.6 is 15.6 Å². The molecule has 0 radical (unpaired) electrons. The molecule has 1 aliphatic carbocycles. The zero-order valence-corrected chi connectivity index (χ0v) is 42.9. The zero-order chi connectivity index (χ0) is 51.5.